The van der Waals surface area contributed by atoms with Crippen molar-refractivity contribution in [2.24, 2.45) is 5.73 Å². The van der Waals surface area contributed by atoms with E-state index in [1.807, 2.05) is 48.9 Å². The third-order valence-corrected chi connectivity index (χ3v) is 5.26. The summed E-state index contributed by atoms with van der Waals surface area (Å²) < 4.78 is 7.23. The minimum atomic E-state index is -0.454. The number of primary amides is 1. The molecule has 0 saturated carbocycles. The largest absolute Gasteiger partial charge is 0.383 e. The highest BCUT2D eigenvalue weighted by molar-refractivity contribution is 6.07. The molecule has 1 saturated heterocycles. The van der Waals surface area contributed by atoms with Gasteiger partial charge in [-0.2, -0.15) is 0 Å². The quantitative estimate of drug-likeness (QED) is 0.829. The van der Waals surface area contributed by atoms with Crippen molar-refractivity contribution in [3.05, 3.63) is 36.0 Å². The monoisotopic (exact) mass is 372 g/mol. The summed E-state index contributed by atoms with van der Waals surface area (Å²) in [7, 11) is 1.66. The predicted molar refractivity (Wildman–Crippen MR) is 105 cm³/mol. The first-order chi connectivity index (χ1) is 12.9. The zero-order chi connectivity index (χ0) is 19.6. The Kier molecular flexibility index (Phi) is 5.82. The van der Waals surface area contributed by atoms with E-state index in [1.165, 1.54) is 0 Å². The van der Waals surface area contributed by atoms with Crippen LogP contribution < -0.4 is 5.73 Å². The number of rotatable bonds is 6. The Morgan fingerprint density at radius 2 is 2.00 bits per heavy atom. The highest BCUT2D eigenvalue weighted by Crippen LogP contribution is 2.24. The Morgan fingerprint density at radius 1 is 1.26 bits per heavy atom. The summed E-state index contributed by atoms with van der Waals surface area (Å²) >= 11 is 0. The van der Waals surface area contributed by atoms with Crippen molar-refractivity contribution in [3.8, 4) is 0 Å². The van der Waals surface area contributed by atoms with Gasteiger partial charge in [0.1, 0.15) is 6.04 Å². The van der Waals surface area contributed by atoms with Crippen molar-refractivity contribution in [3.63, 3.8) is 0 Å². The van der Waals surface area contributed by atoms with Gasteiger partial charge in [0, 0.05) is 56.4 Å². The Balaban J connectivity index is 1.89. The zero-order valence-electron chi connectivity index (χ0n) is 16.2. The highest BCUT2D eigenvalue weighted by Gasteiger charge is 2.35. The summed E-state index contributed by atoms with van der Waals surface area (Å²) in [4.78, 5) is 29.0. The van der Waals surface area contributed by atoms with Gasteiger partial charge in [0.25, 0.3) is 5.91 Å². The Bertz CT molecular complexity index is 830. The van der Waals surface area contributed by atoms with Crippen LogP contribution in [-0.4, -0.2) is 71.6 Å². The standard InChI is InChI=1S/C20H28N4O3/c1-14(2)24-9-8-23(13-18(24)19(21)25)20(26)16-12-22(10-11-27-3)17-7-5-4-6-15(16)17/h4-7,12,14,18H,8-11,13H2,1-3H3,(H2,21,25)/t18-/m1/s1. The van der Waals surface area contributed by atoms with E-state index in [2.05, 4.69) is 4.90 Å². The van der Waals surface area contributed by atoms with Crippen LogP contribution in [0.2, 0.25) is 0 Å². The van der Waals surface area contributed by atoms with E-state index in [-0.39, 0.29) is 17.9 Å². The molecule has 0 spiro atoms. The molecule has 1 aliphatic heterocycles. The third kappa shape index (κ3) is 3.84. The molecule has 0 unspecified atom stereocenters. The average Bonchev–Trinajstić information content (AvgIpc) is 3.04. The number of methoxy groups -OCH3 is 1. The van der Waals surface area contributed by atoms with Gasteiger partial charge in [-0.3, -0.25) is 14.5 Å². The number of fused-ring (bicyclic) bond motifs is 1. The van der Waals surface area contributed by atoms with Crippen LogP contribution in [0.25, 0.3) is 10.9 Å². The average molecular weight is 372 g/mol. The number of hydrogen-bond acceptors (Lipinski definition) is 4. The first kappa shape index (κ1) is 19.4. The molecule has 1 aromatic carbocycles. The topological polar surface area (TPSA) is 80.8 Å². The lowest BCUT2D eigenvalue weighted by molar-refractivity contribution is -0.126. The van der Waals surface area contributed by atoms with Crippen LogP contribution in [0.3, 0.4) is 0 Å². The number of aromatic nitrogens is 1. The van der Waals surface area contributed by atoms with E-state index < -0.39 is 6.04 Å². The second-order valence-corrected chi connectivity index (χ2v) is 7.25. The van der Waals surface area contributed by atoms with Gasteiger partial charge in [-0.1, -0.05) is 18.2 Å². The smallest absolute Gasteiger partial charge is 0.256 e. The number of piperazine rings is 1. The number of carbonyl (C=O) groups excluding carboxylic acids is 2. The van der Waals surface area contributed by atoms with Gasteiger partial charge in [0.15, 0.2) is 0 Å². The summed E-state index contributed by atoms with van der Waals surface area (Å²) in [5.41, 5.74) is 7.27. The fraction of sp³-hybridized carbons (Fsp3) is 0.500. The maximum absolute atomic E-state index is 13.3. The lowest BCUT2D eigenvalue weighted by Crippen LogP contribution is -2.61. The van der Waals surface area contributed by atoms with Gasteiger partial charge in [-0.05, 0) is 19.9 Å². The first-order valence-electron chi connectivity index (χ1n) is 9.35. The number of benzene rings is 1. The van der Waals surface area contributed by atoms with E-state index >= 15 is 0 Å². The lowest BCUT2D eigenvalue weighted by Gasteiger charge is -2.41. The summed E-state index contributed by atoms with van der Waals surface area (Å²) in [5, 5.41) is 0.917. The number of para-hydroxylation sites is 1. The van der Waals surface area contributed by atoms with E-state index in [1.54, 1.807) is 12.0 Å². The molecule has 2 N–H and O–H groups in total. The van der Waals surface area contributed by atoms with E-state index in [4.69, 9.17) is 10.5 Å². The molecule has 2 heterocycles. The number of nitrogens with zero attached hydrogens (tertiary/aromatic N) is 3. The number of amides is 2. The zero-order valence-corrected chi connectivity index (χ0v) is 16.2. The van der Waals surface area contributed by atoms with Gasteiger partial charge in [-0.15, -0.1) is 0 Å². The molecular formula is C20H28N4O3. The van der Waals surface area contributed by atoms with Gasteiger partial charge in [0.2, 0.25) is 5.91 Å². The molecule has 0 bridgehead atoms. The molecule has 3 rings (SSSR count). The minimum Gasteiger partial charge on any atom is -0.383 e. The molecule has 7 nitrogen and oxygen atoms in total. The van der Waals surface area contributed by atoms with E-state index in [9.17, 15) is 9.59 Å². The van der Waals surface area contributed by atoms with E-state index in [0.29, 0.717) is 38.3 Å². The van der Waals surface area contributed by atoms with Crippen LogP contribution in [0, 0.1) is 0 Å². The Labute approximate surface area is 159 Å². The van der Waals surface area contributed by atoms with Crippen molar-refractivity contribution in [2.45, 2.75) is 32.5 Å². The van der Waals surface area contributed by atoms with E-state index in [0.717, 1.165) is 10.9 Å². The van der Waals surface area contributed by atoms with Crippen LogP contribution in [0.15, 0.2) is 30.5 Å². The maximum atomic E-state index is 13.3. The number of hydrogen-bond donors (Lipinski definition) is 1. The molecule has 7 heteroatoms. The molecule has 1 aromatic heterocycles. The van der Waals surface area contributed by atoms with Crippen LogP contribution >= 0.6 is 0 Å². The molecule has 2 amide bonds. The van der Waals surface area contributed by atoms with Gasteiger partial charge >= 0.3 is 0 Å². The molecule has 27 heavy (non-hydrogen) atoms. The van der Waals surface area contributed by atoms with Crippen molar-refractivity contribution >= 4 is 22.7 Å². The second-order valence-electron chi connectivity index (χ2n) is 7.25. The van der Waals surface area contributed by atoms with Crippen LogP contribution in [0.4, 0.5) is 0 Å². The normalized spacial score (nSPS) is 18.4. The Hall–Kier alpha value is -2.38. The molecule has 1 fully saturated rings. The molecular weight excluding hydrogens is 344 g/mol. The van der Waals surface area contributed by atoms with Crippen molar-refractivity contribution in [1.82, 2.24) is 14.4 Å². The Morgan fingerprint density at radius 3 is 2.67 bits per heavy atom. The number of ether oxygens (including phenoxy) is 1. The summed E-state index contributed by atoms with van der Waals surface area (Å²) in [5.74, 6) is -0.444. The van der Waals surface area contributed by atoms with Crippen molar-refractivity contribution in [2.75, 3.05) is 33.4 Å². The second kappa shape index (κ2) is 8.10. The molecule has 1 aliphatic rings. The maximum Gasteiger partial charge on any atom is 0.256 e. The number of nitrogens with two attached hydrogens (primary N) is 1. The minimum absolute atomic E-state index is 0.0583. The van der Waals surface area contributed by atoms with Gasteiger partial charge < -0.3 is 19.9 Å². The molecule has 0 aliphatic carbocycles. The predicted octanol–water partition coefficient (Wildman–Crippen LogP) is 1.31. The summed E-state index contributed by atoms with van der Waals surface area (Å²) in [6, 6.07) is 7.61. The molecule has 146 valence electrons. The summed E-state index contributed by atoms with van der Waals surface area (Å²) in [6.07, 6.45) is 1.89. The fourth-order valence-corrected chi connectivity index (χ4v) is 3.82. The van der Waals surface area contributed by atoms with Crippen molar-refractivity contribution < 1.29 is 14.3 Å². The molecule has 1 atom stereocenters. The lowest BCUT2D eigenvalue weighted by atomic mass is 10.1. The van der Waals surface area contributed by atoms with Crippen molar-refractivity contribution in [1.29, 1.82) is 0 Å². The van der Waals surface area contributed by atoms with Crippen LogP contribution in [-0.2, 0) is 16.1 Å². The number of carbonyl (C=O) groups is 2. The van der Waals surface area contributed by atoms with Crippen LogP contribution in [0.5, 0.6) is 0 Å². The summed E-state index contributed by atoms with van der Waals surface area (Å²) in [6.45, 7) is 6.87. The van der Waals surface area contributed by atoms with Gasteiger partial charge in [0.05, 0.1) is 12.2 Å². The SMILES string of the molecule is COCCn1cc(C(=O)N2CCN(C(C)C)[C@@H](C(N)=O)C2)c2ccccc21. The third-order valence-electron chi connectivity index (χ3n) is 5.26. The molecule has 0 radical (unpaired) electrons. The van der Waals surface area contributed by atoms with Crippen LogP contribution in [0.1, 0.15) is 24.2 Å². The molecule has 2 aromatic rings. The fourth-order valence-electron chi connectivity index (χ4n) is 3.82. The highest BCUT2D eigenvalue weighted by atomic mass is 16.5. The van der Waals surface area contributed by atoms with Gasteiger partial charge in [-0.25, -0.2) is 0 Å². The first-order valence-corrected chi connectivity index (χ1v) is 9.35.